The molecule has 0 aliphatic heterocycles. The maximum atomic E-state index is 11.4. The Morgan fingerprint density at radius 2 is 1.94 bits per heavy atom. The van der Waals surface area contributed by atoms with Crippen LogP contribution < -0.4 is 0 Å². The van der Waals surface area contributed by atoms with E-state index >= 15 is 0 Å². The molecule has 2 nitrogen and oxygen atoms in total. The van der Waals surface area contributed by atoms with Gasteiger partial charge < -0.3 is 5.11 Å². The van der Waals surface area contributed by atoms with Gasteiger partial charge in [-0.15, -0.1) is 0 Å². The molecular formula is C15H24O2. The highest BCUT2D eigenvalue weighted by Gasteiger charge is 2.51. The number of hydrogen-bond donors (Lipinski definition) is 1. The van der Waals surface area contributed by atoms with Gasteiger partial charge in [-0.05, 0) is 54.1 Å². The molecular weight excluding hydrogens is 212 g/mol. The van der Waals surface area contributed by atoms with E-state index in [-0.39, 0.29) is 10.8 Å². The standard InChI is InChI=1S/C15H24O2/c1-10-11(9-16)15(4)7-5-6-14(2,3)13(15)8-12(10)17/h9,12-13,17H,5-8H2,1-4H3/t12-,13+,15-/m1/s1. The van der Waals surface area contributed by atoms with Gasteiger partial charge in [0.25, 0.3) is 0 Å². The summed E-state index contributed by atoms with van der Waals surface area (Å²) in [7, 11) is 0. The van der Waals surface area contributed by atoms with Crippen LogP contribution in [0.3, 0.4) is 0 Å². The highest BCUT2D eigenvalue weighted by Crippen LogP contribution is 2.58. The van der Waals surface area contributed by atoms with E-state index in [4.69, 9.17) is 0 Å². The van der Waals surface area contributed by atoms with Crippen molar-refractivity contribution in [3.05, 3.63) is 11.1 Å². The van der Waals surface area contributed by atoms with Gasteiger partial charge in [-0.1, -0.05) is 27.2 Å². The molecule has 0 aromatic heterocycles. The summed E-state index contributed by atoms with van der Waals surface area (Å²) < 4.78 is 0. The van der Waals surface area contributed by atoms with Crippen molar-refractivity contribution in [3.63, 3.8) is 0 Å². The molecule has 0 aromatic rings. The van der Waals surface area contributed by atoms with E-state index in [0.29, 0.717) is 5.92 Å². The zero-order chi connectivity index (χ0) is 12.8. The molecule has 1 fully saturated rings. The van der Waals surface area contributed by atoms with E-state index in [1.165, 1.54) is 12.8 Å². The van der Waals surface area contributed by atoms with Gasteiger partial charge in [0.05, 0.1) is 6.10 Å². The summed E-state index contributed by atoms with van der Waals surface area (Å²) in [6.07, 6.45) is 4.84. The molecule has 1 N–H and O–H groups in total. The van der Waals surface area contributed by atoms with Crippen LogP contribution in [0, 0.1) is 16.7 Å². The Bertz CT molecular complexity index is 367. The smallest absolute Gasteiger partial charge is 0.146 e. The molecule has 3 atom stereocenters. The fourth-order valence-electron chi connectivity index (χ4n) is 4.28. The summed E-state index contributed by atoms with van der Waals surface area (Å²) >= 11 is 0. The van der Waals surface area contributed by atoms with E-state index in [9.17, 15) is 9.90 Å². The molecule has 2 aliphatic rings. The van der Waals surface area contributed by atoms with E-state index in [1.54, 1.807) is 0 Å². The van der Waals surface area contributed by atoms with E-state index in [2.05, 4.69) is 20.8 Å². The Kier molecular flexibility index (Phi) is 2.97. The zero-order valence-electron chi connectivity index (χ0n) is 11.4. The number of carbonyl (C=O) groups excluding carboxylic acids is 1. The Labute approximate surface area is 104 Å². The second kappa shape index (κ2) is 3.94. The maximum absolute atomic E-state index is 11.4. The highest BCUT2D eigenvalue weighted by molar-refractivity contribution is 5.77. The van der Waals surface area contributed by atoms with E-state index in [0.717, 1.165) is 30.3 Å². The zero-order valence-corrected chi connectivity index (χ0v) is 11.4. The molecule has 2 aliphatic carbocycles. The van der Waals surface area contributed by atoms with Crippen LogP contribution in [0.2, 0.25) is 0 Å². The highest BCUT2D eigenvalue weighted by atomic mass is 16.3. The van der Waals surface area contributed by atoms with Crippen molar-refractivity contribution in [3.8, 4) is 0 Å². The molecule has 0 radical (unpaired) electrons. The van der Waals surface area contributed by atoms with Crippen molar-refractivity contribution >= 4 is 6.29 Å². The van der Waals surface area contributed by atoms with Crippen molar-refractivity contribution in [2.24, 2.45) is 16.7 Å². The maximum Gasteiger partial charge on any atom is 0.146 e. The quantitative estimate of drug-likeness (QED) is 0.710. The molecule has 2 rings (SSSR count). The van der Waals surface area contributed by atoms with Crippen LogP contribution in [-0.4, -0.2) is 17.5 Å². The largest absolute Gasteiger partial charge is 0.389 e. The third kappa shape index (κ3) is 1.77. The average molecular weight is 236 g/mol. The Morgan fingerprint density at radius 1 is 1.29 bits per heavy atom. The minimum Gasteiger partial charge on any atom is -0.389 e. The molecule has 0 unspecified atom stereocenters. The second-order valence-corrected chi connectivity index (χ2v) is 6.78. The fourth-order valence-corrected chi connectivity index (χ4v) is 4.28. The topological polar surface area (TPSA) is 37.3 Å². The van der Waals surface area contributed by atoms with Crippen LogP contribution >= 0.6 is 0 Å². The molecule has 2 heteroatoms. The van der Waals surface area contributed by atoms with Crippen LogP contribution in [-0.2, 0) is 4.79 Å². The van der Waals surface area contributed by atoms with Gasteiger partial charge in [0.1, 0.15) is 6.29 Å². The number of aldehydes is 1. The van der Waals surface area contributed by atoms with Gasteiger partial charge in [-0.3, -0.25) is 4.79 Å². The average Bonchev–Trinajstić information content (AvgIpc) is 2.22. The Morgan fingerprint density at radius 3 is 2.53 bits per heavy atom. The van der Waals surface area contributed by atoms with Crippen molar-refractivity contribution in [1.29, 1.82) is 0 Å². The summed E-state index contributed by atoms with van der Waals surface area (Å²) in [6.45, 7) is 8.70. The van der Waals surface area contributed by atoms with Crippen LogP contribution in [0.5, 0.6) is 0 Å². The van der Waals surface area contributed by atoms with Crippen molar-refractivity contribution in [2.75, 3.05) is 0 Å². The Hall–Kier alpha value is -0.630. The van der Waals surface area contributed by atoms with Gasteiger partial charge in [-0.2, -0.15) is 0 Å². The summed E-state index contributed by atoms with van der Waals surface area (Å²) in [5.74, 6) is 0.419. The molecule has 1 saturated carbocycles. The molecule has 17 heavy (non-hydrogen) atoms. The number of aliphatic hydroxyl groups excluding tert-OH is 1. The van der Waals surface area contributed by atoms with Gasteiger partial charge in [0.2, 0.25) is 0 Å². The molecule has 0 heterocycles. The molecule has 0 saturated heterocycles. The monoisotopic (exact) mass is 236 g/mol. The first-order chi connectivity index (χ1) is 7.83. The minimum atomic E-state index is -0.425. The van der Waals surface area contributed by atoms with Crippen molar-refractivity contribution in [2.45, 2.75) is 59.5 Å². The number of rotatable bonds is 1. The summed E-state index contributed by atoms with van der Waals surface area (Å²) in [5, 5.41) is 10.1. The molecule has 96 valence electrons. The lowest BCUT2D eigenvalue weighted by atomic mass is 9.50. The summed E-state index contributed by atoms with van der Waals surface area (Å²) in [5.41, 5.74) is 1.97. The van der Waals surface area contributed by atoms with Gasteiger partial charge >= 0.3 is 0 Å². The van der Waals surface area contributed by atoms with Crippen molar-refractivity contribution < 1.29 is 9.90 Å². The number of hydrogen-bond acceptors (Lipinski definition) is 2. The predicted molar refractivity (Wildman–Crippen MR) is 68.6 cm³/mol. The van der Waals surface area contributed by atoms with Crippen molar-refractivity contribution in [1.82, 2.24) is 0 Å². The predicted octanol–water partition coefficient (Wildman–Crippen LogP) is 3.10. The first-order valence-electron chi connectivity index (χ1n) is 6.67. The lowest BCUT2D eigenvalue weighted by Crippen LogP contribution is -2.48. The number of aliphatic hydroxyl groups is 1. The molecule has 0 amide bonds. The van der Waals surface area contributed by atoms with E-state index < -0.39 is 6.10 Å². The number of fused-ring (bicyclic) bond motifs is 1. The fraction of sp³-hybridized carbons (Fsp3) is 0.800. The first kappa shape index (κ1) is 12.8. The van der Waals surface area contributed by atoms with Crippen LogP contribution in [0.4, 0.5) is 0 Å². The molecule has 0 aromatic carbocycles. The Balaban J connectivity index is 2.52. The number of carbonyl (C=O) groups is 1. The minimum absolute atomic E-state index is 0.0210. The van der Waals surface area contributed by atoms with Gasteiger partial charge in [0.15, 0.2) is 0 Å². The van der Waals surface area contributed by atoms with E-state index in [1.807, 2.05) is 6.92 Å². The third-order valence-corrected chi connectivity index (χ3v) is 5.35. The van der Waals surface area contributed by atoms with Crippen LogP contribution in [0.15, 0.2) is 11.1 Å². The normalized spacial score (nSPS) is 41.0. The molecule has 0 spiro atoms. The van der Waals surface area contributed by atoms with Crippen LogP contribution in [0.25, 0.3) is 0 Å². The lowest BCUT2D eigenvalue weighted by Gasteiger charge is -2.54. The molecule has 0 bridgehead atoms. The summed E-state index contributed by atoms with van der Waals surface area (Å²) in [4.78, 5) is 11.4. The van der Waals surface area contributed by atoms with Gasteiger partial charge in [-0.25, -0.2) is 0 Å². The third-order valence-electron chi connectivity index (χ3n) is 5.35. The first-order valence-corrected chi connectivity index (χ1v) is 6.67. The van der Waals surface area contributed by atoms with Crippen LogP contribution in [0.1, 0.15) is 53.4 Å². The second-order valence-electron chi connectivity index (χ2n) is 6.78. The SMILES string of the molecule is CC1=C(C=O)[C@@]2(C)CCCC(C)(C)[C@@H]2C[C@H]1O. The van der Waals surface area contributed by atoms with Gasteiger partial charge in [0, 0.05) is 0 Å². The lowest BCUT2D eigenvalue weighted by molar-refractivity contribution is -0.108. The number of allylic oxidation sites excluding steroid dienone is 1. The summed E-state index contributed by atoms with van der Waals surface area (Å²) in [6, 6.07) is 0.